The third-order valence-electron chi connectivity index (χ3n) is 5.07. The molecule has 0 bridgehead atoms. The Kier molecular flexibility index (Phi) is 3.68. The van der Waals surface area contributed by atoms with E-state index >= 15 is 0 Å². The van der Waals surface area contributed by atoms with Crippen LogP contribution in [0.15, 0.2) is 24.3 Å². The Hall–Kier alpha value is -1.51. The van der Waals surface area contributed by atoms with Crippen molar-refractivity contribution in [2.24, 2.45) is 11.3 Å². The molecule has 0 spiro atoms. The second kappa shape index (κ2) is 5.36. The molecule has 3 rings (SSSR count). The summed E-state index contributed by atoms with van der Waals surface area (Å²) in [4.78, 5) is 14.8. The molecule has 1 amide bonds. The summed E-state index contributed by atoms with van der Waals surface area (Å²) in [6, 6.07) is 8.28. The molecule has 2 heterocycles. The molecule has 3 heteroatoms. The average molecular weight is 286 g/mol. The number of hydrogen-bond acceptors (Lipinski definition) is 2. The molecular formula is C18H26N2O. The van der Waals surface area contributed by atoms with Crippen molar-refractivity contribution in [1.82, 2.24) is 4.90 Å². The maximum Gasteiger partial charge on any atom is 0.245 e. The first kappa shape index (κ1) is 14.4. The molecule has 1 saturated heterocycles. The predicted octanol–water partition coefficient (Wildman–Crippen LogP) is 3.31. The van der Waals surface area contributed by atoms with Crippen molar-refractivity contribution in [3.63, 3.8) is 0 Å². The summed E-state index contributed by atoms with van der Waals surface area (Å²) in [6.45, 7) is 8.67. The van der Waals surface area contributed by atoms with Gasteiger partial charge in [-0.1, -0.05) is 39.0 Å². The number of nitrogens with zero attached hydrogens (tertiary/aromatic N) is 1. The summed E-state index contributed by atoms with van der Waals surface area (Å²) in [5.74, 6) is 0.911. The summed E-state index contributed by atoms with van der Waals surface area (Å²) in [5, 5.41) is 3.44. The van der Waals surface area contributed by atoms with Crippen LogP contribution < -0.4 is 5.32 Å². The van der Waals surface area contributed by atoms with Gasteiger partial charge in [-0.3, -0.25) is 4.79 Å². The van der Waals surface area contributed by atoms with E-state index in [9.17, 15) is 4.79 Å². The van der Waals surface area contributed by atoms with Gasteiger partial charge in [0.2, 0.25) is 5.91 Å². The topological polar surface area (TPSA) is 32.3 Å². The first-order chi connectivity index (χ1) is 9.95. The standard InChI is InChI=1S/C18H26N2O/c1-18(2,3)14-10-11-20(12-14)17(21)16-9-8-13-6-4-5-7-15(13)19-16/h4-7,14,16,19H,8-12H2,1-3H3. The second-order valence-corrected chi connectivity index (χ2v) is 7.53. The van der Waals surface area contributed by atoms with Crippen molar-refractivity contribution < 1.29 is 4.79 Å². The zero-order valence-corrected chi connectivity index (χ0v) is 13.4. The Morgan fingerprint density at radius 2 is 2.00 bits per heavy atom. The monoisotopic (exact) mass is 286 g/mol. The molecule has 0 aliphatic carbocycles. The molecule has 0 aromatic heterocycles. The van der Waals surface area contributed by atoms with Gasteiger partial charge >= 0.3 is 0 Å². The van der Waals surface area contributed by atoms with Gasteiger partial charge in [0.1, 0.15) is 6.04 Å². The highest BCUT2D eigenvalue weighted by Gasteiger charge is 2.36. The van der Waals surface area contributed by atoms with Crippen LogP contribution in [-0.4, -0.2) is 29.9 Å². The van der Waals surface area contributed by atoms with Crippen molar-refractivity contribution in [1.29, 1.82) is 0 Å². The van der Waals surface area contributed by atoms with E-state index < -0.39 is 0 Å². The van der Waals surface area contributed by atoms with Gasteiger partial charge in [-0.2, -0.15) is 0 Å². The Bertz CT molecular complexity index is 532. The summed E-state index contributed by atoms with van der Waals surface area (Å²) in [5.41, 5.74) is 2.76. The van der Waals surface area contributed by atoms with Crippen LogP contribution in [-0.2, 0) is 11.2 Å². The van der Waals surface area contributed by atoms with E-state index in [0.717, 1.165) is 38.0 Å². The molecule has 3 nitrogen and oxygen atoms in total. The molecule has 2 aliphatic heterocycles. The highest BCUT2D eigenvalue weighted by atomic mass is 16.2. The lowest BCUT2D eigenvalue weighted by atomic mass is 9.80. The van der Waals surface area contributed by atoms with Crippen LogP contribution in [0.5, 0.6) is 0 Å². The first-order valence-electron chi connectivity index (χ1n) is 8.08. The largest absolute Gasteiger partial charge is 0.373 e. The Morgan fingerprint density at radius 3 is 2.71 bits per heavy atom. The van der Waals surface area contributed by atoms with E-state index in [4.69, 9.17) is 0 Å². The van der Waals surface area contributed by atoms with E-state index in [1.54, 1.807) is 0 Å². The number of likely N-dealkylation sites (tertiary alicyclic amines) is 1. The Balaban J connectivity index is 1.65. The van der Waals surface area contributed by atoms with Gasteiger partial charge in [-0.25, -0.2) is 0 Å². The smallest absolute Gasteiger partial charge is 0.245 e. The van der Waals surface area contributed by atoms with Gasteiger partial charge in [-0.05, 0) is 42.2 Å². The third-order valence-corrected chi connectivity index (χ3v) is 5.07. The number of anilines is 1. The van der Waals surface area contributed by atoms with Crippen LogP contribution in [0.3, 0.4) is 0 Å². The molecule has 1 aromatic carbocycles. The highest BCUT2D eigenvalue weighted by Crippen LogP contribution is 2.34. The number of carbonyl (C=O) groups is 1. The predicted molar refractivity (Wildman–Crippen MR) is 86.3 cm³/mol. The van der Waals surface area contributed by atoms with Crippen LogP contribution in [0, 0.1) is 11.3 Å². The molecule has 114 valence electrons. The summed E-state index contributed by atoms with van der Waals surface area (Å²) in [6.07, 6.45) is 3.04. The number of fused-ring (bicyclic) bond motifs is 1. The van der Waals surface area contributed by atoms with Crippen molar-refractivity contribution in [3.05, 3.63) is 29.8 Å². The van der Waals surface area contributed by atoms with Crippen molar-refractivity contribution in [2.75, 3.05) is 18.4 Å². The maximum absolute atomic E-state index is 12.7. The quantitative estimate of drug-likeness (QED) is 0.859. The average Bonchev–Trinajstić information content (AvgIpc) is 2.96. The molecule has 0 radical (unpaired) electrons. The van der Waals surface area contributed by atoms with Crippen LogP contribution >= 0.6 is 0 Å². The van der Waals surface area contributed by atoms with Crippen LogP contribution in [0.2, 0.25) is 0 Å². The first-order valence-corrected chi connectivity index (χ1v) is 8.08. The summed E-state index contributed by atoms with van der Waals surface area (Å²) < 4.78 is 0. The highest BCUT2D eigenvalue weighted by molar-refractivity contribution is 5.86. The number of aryl methyl sites for hydroxylation is 1. The van der Waals surface area contributed by atoms with Gasteiger partial charge < -0.3 is 10.2 Å². The van der Waals surface area contributed by atoms with Gasteiger partial charge in [-0.15, -0.1) is 0 Å². The lowest BCUT2D eigenvalue weighted by molar-refractivity contribution is -0.131. The number of rotatable bonds is 1. The Labute approximate surface area is 127 Å². The van der Waals surface area contributed by atoms with Crippen molar-refractivity contribution >= 4 is 11.6 Å². The number of nitrogens with one attached hydrogen (secondary N) is 1. The van der Waals surface area contributed by atoms with E-state index in [0.29, 0.717) is 11.3 Å². The molecule has 2 atom stereocenters. The zero-order chi connectivity index (χ0) is 15.0. The molecule has 2 aliphatic rings. The molecule has 1 fully saturated rings. The van der Waals surface area contributed by atoms with E-state index in [-0.39, 0.29) is 11.9 Å². The minimum absolute atomic E-state index is 0.0429. The molecule has 1 N–H and O–H groups in total. The minimum atomic E-state index is -0.0429. The van der Waals surface area contributed by atoms with Gasteiger partial charge in [0.25, 0.3) is 0 Å². The molecule has 2 unspecified atom stereocenters. The van der Waals surface area contributed by atoms with Crippen LogP contribution in [0.4, 0.5) is 5.69 Å². The Morgan fingerprint density at radius 1 is 1.24 bits per heavy atom. The van der Waals surface area contributed by atoms with Crippen LogP contribution in [0.25, 0.3) is 0 Å². The molecule has 21 heavy (non-hydrogen) atoms. The number of para-hydroxylation sites is 1. The zero-order valence-electron chi connectivity index (χ0n) is 13.4. The SMILES string of the molecule is CC(C)(C)C1CCN(C(=O)C2CCc3ccccc3N2)C1. The van der Waals surface area contributed by atoms with Gasteiger partial charge in [0, 0.05) is 18.8 Å². The number of benzene rings is 1. The lowest BCUT2D eigenvalue weighted by Crippen LogP contribution is -2.44. The van der Waals surface area contributed by atoms with Gasteiger partial charge in [0.15, 0.2) is 0 Å². The summed E-state index contributed by atoms with van der Waals surface area (Å²) >= 11 is 0. The normalized spacial score (nSPS) is 25.4. The lowest BCUT2D eigenvalue weighted by Gasteiger charge is -2.31. The minimum Gasteiger partial charge on any atom is -0.373 e. The third kappa shape index (κ3) is 2.92. The van der Waals surface area contributed by atoms with Crippen molar-refractivity contribution in [3.8, 4) is 0 Å². The number of carbonyl (C=O) groups excluding carboxylic acids is 1. The second-order valence-electron chi connectivity index (χ2n) is 7.53. The number of amides is 1. The number of hydrogen-bond donors (Lipinski definition) is 1. The fourth-order valence-electron chi connectivity index (χ4n) is 3.51. The van der Waals surface area contributed by atoms with E-state index in [1.807, 2.05) is 6.07 Å². The van der Waals surface area contributed by atoms with E-state index in [2.05, 4.69) is 49.2 Å². The van der Waals surface area contributed by atoms with Gasteiger partial charge in [0.05, 0.1) is 0 Å². The fraction of sp³-hybridized carbons (Fsp3) is 0.611. The van der Waals surface area contributed by atoms with Crippen molar-refractivity contribution in [2.45, 2.75) is 46.1 Å². The molecule has 0 saturated carbocycles. The molecular weight excluding hydrogens is 260 g/mol. The fourth-order valence-corrected chi connectivity index (χ4v) is 3.51. The maximum atomic E-state index is 12.7. The summed E-state index contributed by atoms with van der Waals surface area (Å²) in [7, 11) is 0. The molecule has 1 aromatic rings. The van der Waals surface area contributed by atoms with Crippen LogP contribution in [0.1, 0.15) is 39.2 Å². The van der Waals surface area contributed by atoms with E-state index in [1.165, 1.54) is 5.56 Å².